The van der Waals surface area contributed by atoms with Gasteiger partial charge in [-0.2, -0.15) is 0 Å². The van der Waals surface area contributed by atoms with E-state index in [1.54, 1.807) is 44.4 Å². The summed E-state index contributed by atoms with van der Waals surface area (Å²) in [4.78, 5) is 24.1. The fourth-order valence-corrected chi connectivity index (χ4v) is 2.65. The lowest BCUT2D eigenvalue weighted by Crippen LogP contribution is -2.48. The SMILES string of the molecule is COc1ccc(OC(C)C(=O)NNC(=O)COc2cccc3ccccc23)cc1. The molecule has 0 aliphatic heterocycles. The van der Waals surface area contributed by atoms with Crippen LogP contribution in [0.15, 0.2) is 66.7 Å². The summed E-state index contributed by atoms with van der Waals surface area (Å²) in [5.74, 6) is 0.829. The number of carbonyl (C=O) groups excluding carboxylic acids is 2. The number of hydrogen-bond acceptors (Lipinski definition) is 5. The van der Waals surface area contributed by atoms with E-state index in [1.807, 2.05) is 36.4 Å². The van der Waals surface area contributed by atoms with Crippen molar-refractivity contribution in [1.29, 1.82) is 0 Å². The average molecular weight is 394 g/mol. The molecule has 0 saturated carbocycles. The Morgan fingerprint density at radius 2 is 1.59 bits per heavy atom. The van der Waals surface area contributed by atoms with Gasteiger partial charge in [-0.25, -0.2) is 0 Å². The first kappa shape index (κ1) is 20.0. The van der Waals surface area contributed by atoms with E-state index in [1.165, 1.54) is 0 Å². The van der Waals surface area contributed by atoms with Gasteiger partial charge in [0.05, 0.1) is 7.11 Å². The van der Waals surface area contributed by atoms with Crippen molar-refractivity contribution >= 4 is 22.6 Å². The fraction of sp³-hybridized carbons (Fsp3) is 0.182. The van der Waals surface area contributed by atoms with Gasteiger partial charge in [-0.05, 0) is 42.6 Å². The highest BCUT2D eigenvalue weighted by atomic mass is 16.5. The lowest BCUT2D eigenvalue weighted by atomic mass is 10.1. The van der Waals surface area contributed by atoms with Gasteiger partial charge in [-0.3, -0.25) is 20.4 Å². The molecule has 3 rings (SSSR count). The van der Waals surface area contributed by atoms with E-state index in [9.17, 15) is 9.59 Å². The number of benzene rings is 3. The van der Waals surface area contributed by atoms with Crippen LogP contribution in [-0.4, -0.2) is 31.6 Å². The summed E-state index contributed by atoms with van der Waals surface area (Å²) in [5.41, 5.74) is 4.65. The minimum atomic E-state index is -0.803. The Hall–Kier alpha value is -3.74. The molecule has 0 spiro atoms. The number of ether oxygens (including phenoxy) is 3. The zero-order chi connectivity index (χ0) is 20.6. The van der Waals surface area contributed by atoms with Crippen LogP contribution in [0.3, 0.4) is 0 Å². The Labute approximate surface area is 168 Å². The third-order valence-corrected chi connectivity index (χ3v) is 4.18. The average Bonchev–Trinajstić information content (AvgIpc) is 2.76. The maximum atomic E-state index is 12.1. The van der Waals surface area contributed by atoms with E-state index in [0.29, 0.717) is 17.2 Å². The molecule has 0 aliphatic carbocycles. The van der Waals surface area contributed by atoms with Gasteiger partial charge in [-0.15, -0.1) is 0 Å². The number of fused-ring (bicyclic) bond motifs is 1. The van der Waals surface area contributed by atoms with Crippen molar-refractivity contribution in [3.63, 3.8) is 0 Å². The third-order valence-electron chi connectivity index (χ3n) is 4.18. The van der Waals surface area contributed by atoms with Crippen molar-refractivity contribution in [1.82, 2.24) is 10.9 Å². The van der Waals surface area contributed by atoms with Gasteiger partial charge in [0.1, 0.15) is 17.2 Å². The molecule has 2 N–H and O–H groups in total. The molecule has 0 radical (unpaired) electrons. The van der Waals surface area contributed by atoms with Crippen molar-refractivity contribution in [3.8, 4) is 17.2 Å². The zero-order valence-electron chi connectivity index (χ0n) is 16.2. The number of rotatable bonds is 7. The van der Waals surface area contributed by atoms with Gasteiger partial charge in [0.25, 0.3) is 11.8 Å². The van der Waals surface area contributed by atoms with Gasteiger partial charge < -0.3 is 14.2 Å². The summed E-state index contributed by atoms with van der Waals surface area (Å²) < 4.78 is 16.2. The van der Waals surface area contributed by atoms with E-state index in [4.69, 9.17) is 14.2 Å². The molecule has 3 aromatic rings. The Balaban J connectivity index is 1.46. The highest BCUT2D eigenvalue weighted by Crippen LogP contribution is 2.24. The number of amides is 2. The smallest absolute Gasteiger partial charge is 0.279 e. The minimum absolute atomic E-state index is 0.234. The molecule has 150 valence electrons. The van der Waals surface area contributed by atoms with Crippen LogP contribution < -0.4 is 25.1 Å². The number of hydrogen-bond donors (Lipinski definition) is 2. The molecular weight excluding hydrogens is 372 g/mol. The maximum absolute atomic E-state index is 12.1. The van der Waals surface area contributed by atoms with Crippen LogP contribution >= 0.6 is 0 Å². The number of methoxy groups -OCH3 is 1. The molecule has 1 atom stereocenters. The maximum Gasteiger partial charge on any atom is 0.279 e. The highest BCUT2D eigenvalue weighted by molar-refractivity contribution is 5.89. The van der Waals surface area contributed by atoms with Crippen LogP contribution in [0.2, 0.25) is 0 Å². The van der Waals surface area contributed by atoms with Gasteiger partial charge in [0.15, 0.2) is 12.7 Å². The standard InChI is InChI=1S/C22H22N2O5/c1-15(29-18-12-10-17(27-2)11-13-18)22(26)24-23-21(25)14-28-20-9-5-7-16-6-3-4-8-19(16)20/h3-13,15H,14H2,1-2H3,(H,23,25)(H,24,26). The molecule has 0 bridgehead atoms. The highest BCUT2D eigenvalue weighted by Gasteiger charge is 2.16. The molecule has 0 fully saturated rings. The van der Waals surface area contributed by atoms with Gasteiger partial charge in [0, 0.05) is 5.39 Å². The van der Waals surface area contributed by atoms with Crippen molar-refractivity contribution in [3.05, 3.63) is 66.7 Å². The van der Waals surface area contributed by atoms with Crippen LogP contribution in [0.25, 0.3) is 10.8 Å². The molecule has 3 aromatic carbocycles. The normalized spacial score (nSPS) is 11.4. The monoisotopic (exact) mass is 394 g/mol. The first-order chi connectivity index (χ1) is 14.1. The van der Waals surface area contributed by atoms with Crippen LogP contribution in [0.4, 0.5) is 0 Å². The van der Waals surface area contributed by atoms with E-state index >= 15 is 0 Å². The summed E-state index contributed by atoms with van der Waals surface area (Å²) >= 11 is 0. The third kappa shape index (κ3) is 5.38. The summed E-state index contributed by atoms with van der Waals surface area (Å²) in [6.45, 7) is 1.35. The van der Waals surface area contributed by atoms with Crippen molar-refractivity contribution < 1.29 is 23.8 Å². The molecule has 0 aromatic heterocycles. The number of carbonyl (C=O) groups is 2. The molecule has 2 amide bonds. The molecular formula is C22H22N2O5. The Morgan fingerprint density at radius 1 is 0.897 bits per heavy atom. The van der Waals surface area contributed by atoms with E-state index < -0.39 is 17.9 Å². The molecule has 0 aliphatic rings. The second-order valence-corrected chi connectivity index (χ2v) is 6.24. The molecule has 0 saturated heterocycles. The van der Waals surface area contributed by atoms with E-state index in [2.05, 4.69) is 10.9 Å². The predicted octanol–water partition coefficient (Wildman–Crippen LogP) is 2.84. The summed E-state index contributed by atoms with van der Waals surface area (Å²) in [7, 11) is 1.57. The molecule has 29 heavy (non-hydrogen) atoms. The first-order valence-electron chi connectivity index (χ1n) is 9.07. The number of hydrazine groups is 1. The van der Waals surface area contributed by atoms with Crippen molar-refractivity contribution in [2.45, 2.75) is 13.0 Å². The lowest BCUT2D eigenvalue weighted by Gasteiger charge is -2.15. The Bertz CT molecular complexity index is 983. The van der Waals surface area contributed by atoms with Crippen molar-refractivity contribution in [2.24, 2.45) is 0 Å². The van der Waals surface area contributed by atoms with Crippen LogP contribution in [0.1, 0.15) is 6.92 Å². The summed E-state index contributed by atoms with van der Waals surface area (Å²) in [5, 5.41) is 1.93. The molecule has 7 heteroatoms. The van der Waals surface area contributed by atoms with E-state index in [-0.39, 0.29) is 6.61 Å². The first-order valence-corrected chi connectivity index (χ1v) is 9.07. The van der Waals surface area contributed by atoms with Gasteiger partial charge in [0.2, 0.25) is 0 Å². The second-order valence-electron chi connectivity index (χ2n) is 6.24. The summed E-state index contributed by atoms with van der Waals surface area (Å²) in [6, 6.07) is 20.2. The Kier molecular flexibility index (Phi) is 6.52. The summed E-state index contributed by atoms with van der Waals surface area (Å²) in [6.07, 6.45) is -0.803. The lowest BCUT2D eigenvalue weighted by molar-refractivity contribution is -0.133. The molecule has 1 unspecified atom stereocenters. The topological polar surface area (TPSA) is 85.9 Å². The second kappa shape index (κ2) is 9.45. The predicted molar refractivity (Wildman–Crippen MR) is 109 cm³/mol. The van der Waals surface area contributed by atoms with E-state index in [0.717, 1.165) is 10.8 Å². The Morgan fingerprint density at radius 3 is 2.34 bits per heavy atom. The quantitative estimate of drug-likeness (QED) is 0.602. The van der Waals surface area contributed by atoms with Crippen molar-refractivity contribution in [2.75, 3.05) is 13.7 Å². The van der Waals surface area contributed by atoms with Crippen LogP contribution in [0.5, 0.6) is 17.2 Å². The van der Waals surface area contributed by atoms with Crippen LogP contribution in [0, 0.1) is 0 Å². The number of nitrogens with one attached hydrogen (secondary N) is 2. The fourth-order valence-electron chi connectivity index (χ4n) is 2.65. The zero-order valence-corrected chi connectivity index (χ0v) is 16.2. The molecule has 0 heterocycles. The van der Waals surface area contributed by atoms with Gasteiger partial charge in [-0.1, -0.05) is 36.4 Å². The van der Waals surface area contributed by atoms with Crippen LogP contribution in [-0.2, 0) is 9.59 Å². The minimum Gasteiger partial charge on any atom is -0.497 e. The van der Waals surface area contributed by atoms with Gasteiger partial charge >= 0.3 is 0 Å². The molecule has 7 nitrogen and oxygen atoms in total. The largest absolute Gasteiger partial charge is 0.497 e.